The standard InChI is InChI=1S/C14H16N4O2S/c19-13-6-5-11(10-3-4-10)17-18(13)8-7-15-14(20)16-12-2-1-9-21-12/h1-2,5-6,9-10H,3-4,7-8H2,(H2,15,16,20). The Morgan fingerprint density at radius 3 is 2.95 bits per heavy atom. The molecule has 0 spiro atoms. The van der Waals surface area contributed by atoms with Crippen LogP contribution in [0.2, 0.25) is 0 Å². The fourth-order valence-electron chi connectivity index (χ4n) is 2.00. The Labute approximate surface area is 125 Å². The van der Waals surface area contributed by atoms with Crippen LogP contribution >= 0.6 is 11.3 Å². The Bertz CT molecular complexity index is 677. The number of urea groups is 1. The van der Waals surface area contributed by atoms with Gasteiger partial charge in [-0.15, -0.1) is 11.3 Å². The van der Waals surface area contributed by atoms with Gasteiger partial charge in [0.25, 0.3) is 5.56 Å². The summed E-state index contributed by atoms with van der Waals surface area (Å²) in [6, 6.07) is 6.77. The van der Waals surface area contributed by atoms with Crippen molar-refractivity contribution in [2.75, 3.05) is 11.9 Å². The summed E-state index contributed by atoms with van der Waals surface area (Å²) in [5, 5.41) is 12.5. The van der Waals surface area contributed by atoms with Crippen molar-refractivity contribution in [1.29, 1.82) is 0 Å². The fourth-order valence-corrected chi connectivity index (χ4v) is 2.62. The maximum absolute atomic E-state index is 11.7. The summed E-state index contributed by atoms with van der Waals surface area (Å²) >= 11 is 1.46. The number of nitrogens with one attached hydrogen (secondary N) is 2. The Kier molecular flexibility index (Phi) is 4.01. The molecular formula is C14H16N4O2S. The first-order chi connectivity index (χ1) is 10.2. The molecule has 0 aliphatic heterocycles. The number of nitrogens with zero attached hydrogens (tertiary/aromatic N) is 2. The molecule has 7 heteroatoms. The number of thiophene rings is 1. The lowest BCUT2D eigenvalue weighted by Gasteiger charge is -2.08. The van der Waals surface area contributed by atoms with E-state index in [1.807, 2.05) is 17.5 Å². The van der Waals surface area contributed by atoms with Gasteiger partial charge in [-0.1, -0.05) is 0 Å². The number of carbonyl (C=O) groups excluding carboxylic acids is 1. The predicted octanol–water partition coefficient (Wildman–Crippen LogP) is 2.00. The van der Waals surface area contributed by atoms with E-state index in [0.29, 0.717) is 19.0 Å². The third-order valence-electron chi connectivity index (χ3n) is 3.25. The third kappa shape index (κ3) is 3.69. The molecule has 110 valence electrons. The quantitative estimate of drug-likeness (QED) is 0.887. The van der Waals surface area contributed by atoms with Crippen molar-refractivity contribution in [2.45, 2.75) is 25.3 Å². The summed E-state index contributed by atoms with van der Waals surface area (Å²) in [4.78, 5) is 23.4. The molecule has 1 fully saturated rings. The van der Waals surface area contributed by atoms with Crippen molar-refractivity contribution in [3.63, 3.8) is 0 Å². The first-order valence-electron chi connectivity index (χ1n) is 6.89. The highest BCUT2D eigenvalue weighted by Gasteiger charge is 2.25. The first-order valence-corrected chi connectivity index (χ1v) is 7.77. The van der Waals surface area contributed by atoms with Crippen LogP contribution in [0.1, 0.15) is 24.5 Å². The van der Waals surface area contributed by atoms with Crippen molar-refractivity contribution >= 4 is 22.4 Å². The van der Waals surface area contributed by atoms with Crippen LogP contribution in [0.25, 0.3) is 0 Å². The number of hydrogen-bond donors (Lipinski definition) is 2. The largest absolute Gasteiger partial charge is 0.336 e. The zero-order valence-corrected chi connectivity index (χ0v) is 12.2. The van der Waals surface area contributed by atoms with Crippen LogP contribution < -0.4 is 16.2 Å². The molecule has 2 amide bonds. The lowest BCUT2D eigenvalue weighted by molar-refractivity contribution is 0.251. The van der Waals surface area contributed by atoms with E-state index in [9.17, 15) is 9.59 Å². The highest BCUT2D eigenvalue weighted by molar-refractivity contribution is 7.14. The van der Waals surface area contributed by atoms with E-state index in [1.165, 1.54) is 16.0 Å². The van der Waals surface area contributed by atoms with Crippen molar-refractivity contribution in [3.05, 3.63) is 45.7 Å². The number of anilines is 1. The van der Waals surface area contributed by atoms with E-state index in [4.69, 9.17) is 0 Å². The Balaban J connectivity index is 1.51. The molecule has 0 bridgehead atoms. The summed E-state index contributed by atoms with van der Waals surface area (Å²) in [6.45, 7) is 0.732. The molecule has 1 aliphatic carbocycles. The maximum atomic E-state index is 11.7. The van der Waals surface area contributed by atoms with Gasteiger partial charge in [-0.3, -0.25) is 10.1 Å². The second-order valence-corrected chi connectivity index (χ2v) is 5.90. The summed E-state index contributed by atoms with van der Waals surface area (Å²) in [7, 11) is 0. The molecule has 3 rings (SSSR count). The van der Waals surface area contributed by atoms with Gasteiger partial charge in [0.15, 0.2) is 0 Å². The number of rotatable bonds is 5. The van der Waals surface area contributed by atoms with Gasteiger partial charge >= 0.3 is 6.03 Å². The van der Waals surface area contributed by atoms with Gasteiger partial charge in [0.2, 0.25) is 0 Å². The molecule has 0 unspecified atom stereocenters. The van der Waals surface area contributed by atoms with E-state index in [0.717, 1.165) is 23.5 Å². The topological polar surface area (TPSA) is 76.0 Å². The molecule has 6 nitrogen and oxygen atoms in total. The van der Waals surface area contributed by atoms with Crippen LogP contribution in [0.5, 0.6) is 0 Å². The first kappa shape index (κ1) is 13.8. The number of hydrogen-bond acceptors (Lipinski definition) is 4. The molecule has 1 saturated carbocycles. The highest BCUT2D eigenvalue weighted by Crippen LogP contribution is 2.38. The van der Waals surface area contributed by atoms with Crippen LogP contribution in [0.15, 0.2) is 34.4 Å². The molecule has 2 heterocycles. The fraction of sp³-hybridized carbons (Fsp3) is 0.357. The normalized spacial score (nSPS) is 13.9. The van der Waals surface area contributed by atoms with Crippen LogP contribution in [0.3, 0.4) is 0 Å². The average Bonchev–Trinajstić information content (AvgIpc) is 3.19. The average molecular weight is 304 g/mol. The molecule has 0 saturated heterocycles. The summed E-state index contributed by atoms with van der Waals surface area (Å²) in [5.41, 5.74) is 0.831. The zero-order chi connectivity index (χ0) is 14.7. The molecule has 2 N–H and O–H groups in total. The van der Waals surface area contributed by atoms with Gasteiger partial charge in [-0.05, 0) is 36.4 Å². The van der Waals surface area contributed by atoms with Gasteiger partial charge in [-0.2, -0.15) is 5.10 Å². The summed E-state index contributed by atoms with van der Waals surface area (Å²) < 4.78 is 1.42. The highest BCUT2D eigenvalue weighted by atomic mass is 32.1. The molecule has 2 aromatic rings. The van der Waals surface area contributed by atoms with Crippen molar-refractivity contribution in [2.24, 2.45) is 0 Å². The molecule has 21 heavy (non-hydrogen) atoms. The van der Waals surface area contributed by atoms with E-state index >= 15 is 0 Å². The number of carbonyl (C=O) groups is 1. The minimum Gasteiger partial charge on any atom is -0.336 e. The van der Waals surface area contributed by atoms with E-state index in [1.54, 1.807) is 12.1 Å². The molecule has 0 aromatic carbocycles. The maximum Gasteiger partial charge on any atom is 0.319 e. The van der Waals surface area contributed by atoms with Crippen LogP contribution in [0, 0.1) is 0 Å². The van der Waals surface area contributed by atoms with Crippen molar-refractivity contribution in [3.8, 4) is 0 Å². The van der Waals surface area contributed by atoms with E-state index < -0.39 is 0 Å². The lowest BCUT2D eigenvalue weighted by atomic mass is 10.3. The molecule has 2 aromatic heterocycles. The van der Waals surface area contributed by atoms with Crippen LogP contribution in [0.4, 0.5) is 9.80 Å². The summed E-state index contributed by atoms with van der Waals surface area (Å²) in [5.74, 6) is 0.506. The molecule has 0 radical (unpaired) electrons. The SMILES string of the molecule is O=C(NCCn1nc(C2CC2)ccc1=O)Nc1cccs1. The van der Waals surface area contributed by atoms with Gasteiger partial charge in [-0.25, -0.2) is 9.48 Å². The van der Waals surface area contributed by atoms with Gasteiger partial charge < -0.3 is 5.32 Å². The van der Waals surface area contributed by atoms with Gasteiger partial charge in [0.05, 0.1) is 17.2 Å². The Hall–Kier alpha value is -2.15. The molecular weight excluding hydrogens is 288 g/mol. The molecule has 1 aliphatic rings. The smallest absolute Gasteiger partial charge is 0.319 e. The Morgan fingerprint density at radius 2 is 2.24 bits per heavy atom. The zero-order valence-electron chi connectivity index (χ0n) is 11.4. The Morgan fingerprint density at radius 1 is 1.38 bits per heavy atom. The minimum absolute atomic E-state index is 0.139. The monoisotopic (exact) mass is 304 g/mol. The minimum atomic E-state index is -0.274. The number of aromatic nitrogens is 2. The van der Waals surface area contributed by atoms with Crippen LogP contribution in [-0.2, 0) is 6.54 Å². The summed E-state index contributed by atoms with van der Waals surface area (Å²) in [6.07, 6.45) is 2.29. The molecule has 0 atom stereocenters. The van der Waals surface area contributed by atoms with E-state index in [2.05, 4.69) is 15.7 Å². The van der Waals surface area contributed by atoms with Crippen LogP contribution in [-0.4, -0.2) is 22.4 Å². The second kappa shape index (κ2) is 6.09. The van der Waals surface area contributed by atoms with E-state index in [-0.39, 0.29) is 11.6 Å². The predicted molar refractivity (Wildman–Crippen MR) is 81.8 cm³/mol. The van der Waals surface area contributed by atoms with Crippen molar-refractivity contribution in [1.82, 2.24) is 15.1 Å². The third-order valence-corrected chi connectivity index (χ3v) is 4.04. The lowest BCUT2D eigenvalue weighted by Crippen LogP contribution is -2.34. The van der Waals surface area contributed by atoms with Crippen molar-refractivity contribution < 1.29 is 4.79 Å². The van der Waals surface area contributed by atoms with Gasteiger partial charge in [0.1, 0.15) is 0 Å². The second-order valence-electron chi connectivity index (χ2n) is 4.95. The van der Waals surface area contributed by atoms with Gasteiger partial charge in [0, 0.05) is 18.5 Å². The number of amides is 2.